The first kappa shape index (κ1) is 25.8. The molecule has 0 saturated heterocycles. The Kier molecular flexibility index (Phi) is 5.96. The number of ether oxygens (including phenoxy) is 1. The van der Waals surface area contributed by atoms with E-state index in [9.17, 15) is 9.90 Å². The van der Waals surface area contributed by atoms with Crippen LogP contribution in [0.3, 0.4) is 0 Å². The molecule has 5 aliphatic carbocycles. The zero-order valence-corrected chi connectivity index (χ0v) is 23.9. The molecule has 0 amide bonds. The van der Waals surface area contributed by atoms with Gasteiger partial charge in [0.1, 0.15) is 6.10 Å². The summed E-state index contributed by atoms with van der Waals surface area (Å²) < 4.78 is 6.10. The molecule has 3 heteroatoms. The van der Waals surface area contributed by atoms with E-state index < -0.39 is 6.10 Å². The number of fused-ring (bicyclic) bond motifs is 2. The Morgan fingerprint density at radius 2 is 1.69 bits per heavy atom. The second kappa shape index (κ2) is 8.08. The largest absolute Gasteiger partial charge is 0.462 e. The van der Waals surface area contributed by atoms with E-state index in [4.69, 9.17) is 4.74 Å². The fraction of sp³-hybridized carbons (Fsp3) is 0.906. The smallest absolute Gasteiger partial charge is 0.302 e. The van der Waals surface area contributed by atoms with Gasteiger partial charge in [0.05, 0.1) is 6.10 Å². The zero-order chi connectivity index (χ0) is 25.6. The van der Waals surface area contributed by atoms with E-state index in [0.29, 0.717) is 28.6 Å². The Bertz CT molecular complexity index is 900. The van der Waals surface area contributed by atoms with Crippen LogP contribution in [0.25, 0.3) is 0 Å². The quantitative estimate of drug-likeness (QED) is 0.321. The van der Waals surface area contributed by atoms with E-state index in [1.165, 1.54) is 63.4 Å². The number of carbonyl (C=O) groups is 1. The molecule has 0 aromatic rings. The van der Waals surface area contributed by atoms with E-state index in [1.807, 2.05) is 0 Å². The fourth-order valence-electron chi connectivity index (χ4n) is 11.4. The van der Waals surface area contributed by atoms with Crippen LogP contribution in [0.15, 0.2) is 11.6 Å². The SMILES string of the molecule is CC(=O)O[C@H]1C[C@H](O)C(C)(C)[C@@H]2CC[C@@H]3[C@]4(CC[C@]5(C)[C@@H]([C@H](C)CCC=C(C)C)CC[C@@]35C)C[C@]124. The number of esters is 1. The predicted molar refractivity (Wildman–Crippen MR) is 142 cm³/mol. The van der Waals surface area contributed by atoms with Crippen molar-refractivity contribution in [2.45, 2.75) is 132 Å². The second-order valence-corrected chi connectivity index (χ2v) is 15.0. The number of rotatable bonds is 5. The summed E-state index contributed by atoms with van der Waals surface area (Å²) in [4.78, 5) is 12.2. The summed E-state index contributed by atoms with van der Waals surface area (Å²) in [5.41, 5.74) is 2.51. The van der Waals surface area contributed by atoms with Crippen molar-refractivity contribution in [2.75, 3.05) is 0 Å². The van der Waals surface area contributed by atoms with Crippen molar-refractivity contribution in [1.82, 2.24) is 0 Å². The minimum absolute atomic E-state index is 0.0851. The van der Waals surface area contributed by atoms with Gasteiger partial charge in [0, 0.05) is 18.8 Å². The van der Waals surface area contributed by atoms with Crippen molar-refractivity contribution in [3.63, 3.8) is 0 Å². The molecule has 10 atom stereocenters. The van der Waals surface area contributed by atoms with Gasteiger partial charge < -0.3 is 9.84 Å². The van der Waals surface area contributed by atoms with Gasteiger partial charge in [0.25, 0.3) is 0 Å². The maximum atomic E-state index is 12.2. The summed E-state index contributed by atoms with van der Waals surface area (Å²) in [7, 11) is 0. The molecular weight excluding hydrogens is 432 g/mol. The Balaban J connectivity index is 1.46. The summed E-state index contributed by atoms with van der Waals surface area (Å²) in [6.45, 7) is 18.4. The number of allylic oxidation sites excluding steroid dienone is 2. The first-order valence-corrected chi connectivity index (χ1v) is 14.7. The first-order valence-electron chi connectivity index (χ1n) is 14.7. The van der Waals surface area contributed by atoms with Crippen LogP contribution in [-0.2, 0) is 9.53 Å². The Morgan fingerprint density at radius 1 is 1.00 bits per heavy atom. The third-order valence-corrected chi connectivity index (χ3v) is 13.3. The maximum absolute atomic E-state index is 12.2. The van der Waals surface area contributed by atoms with Gasteiger partial charge in [-0.3, -0.25) is 4.79 Å². The van der Waals surface area contributed by atoms with Crippen molar-refractivity contribution in [3.8, 4) is 0 Å². The maximum Gasteiger partial charge on any atom is 0.302 e. The molecule has 0 heterocycles. The summed E-state index contributed by atoms with van der Waals surface area (Å²) in [5.74, 6) is 2.60. The summed E-state index contributed by atoms with van der Waals surface area (Å²) in [6, 6.07) is 0. The number of carbonyl (C=O) groups excluding carboxylic acids is 1. The van der Waals surface area contributed by atoms with Crippen LogP contribution in [0, 0.1) is 50.7 Å². The molecule has 5 rings (SSSR count). The highest BCUT2D eigenvalue weighted by atomic mass is 16.5. The van der Waals surface area contributed by atoms with Gasteiger partial charge in [0.2, 0.25) is 0 Å². The molecule has 0 aliphatic heterocycles. The predicted octanol–water partition coefficient (Wildman–Crippen LogP) is 7.71. The van der Waals surface area contributed by atoms with Crippen molar-refractivity contribution in [2.24, 2.45) is 50.7 Å². The second-order valence-electron chi connectivity index (χ2n) is 15.0. The van der Waals surface area contributed by atoms with Crippen LogP contribution in [0.1, 0.15) is 120 Å². The lowest BCUT2D eigenvalue weighted by molar-refractivity contribution is -0.207. The molecule has 0 aromatic carbocycles. The third-order valence-electron chi connectivity index (χ3n) is 13.3. The molecule has 5 aliphatic rings. The van der Waals surface area contributed by atoms with Crippen LogP contribution in [0.4, 0.5) is 0 Å². The zero-order valence-electron chi connectivity index (χ0n) is 23.9. The molecule has 5 saturated carbocycles. The highest BCUT2D eigenvalue weighted by Crippen LogP contribution is 2.89. The molecule has 35 heavy (non-hydrogen) atoms. The number of hydrogen-bond donors (Lipinski definition) is 1. The normalized spacial score (nSPS) is 50.1. The van der Waals surface area contributed by atoms with Crippen molar-refractivity contribution in [1.29, 1.82) is 0 Å². The van der Waals surface area contributed by atoms with Crippen molar-refractivity contribution in [3.05, 3.63) is 11.6 Å². The molecule has 1 N–H and O–H groups in total. The van der Waals surface area contributed by atoms with E-state index >= 15 is 0 Å². The molecule has 5 fully saturated rings. The van der Waals surface area contributed by atoms with Gasteiger partial charge in [-0.2, -0.15) is 0 Å². The van der Waals surface area contributed by atoms with Gasteiger partial charge in [-0.05, 0) is 117 Å². The molecule has 0 unspecified atom stereocenters. The van der Waals surface area contributed by atoms with Gasteiger partial charge >= 0.3 is 5.97 Å². The molecule has 3 nitrogen and oxygen atoms in total. The molecule has 0 aromatic heterocycles. The van der Waals surface area contributed by atoms with Gasteiger partial charge in [0.15, 0.2) is 0 Å². The van der Waals surface area contributed by atoms with Crippen molar-refractivity contribution < 1.29 is 14.6 Å². The Hall–Kier alpha value is -0.830. The highest BCUT2D eigenvalue weighted by molar-refractivity contribution is 5.66. The van der Waals surface area contributed by atoms with Gasteiger partial charge in [-0.15, -0.1) is 0 Å². The average molecular weight is 485 g/mol. The van der Waals surface area contributed by atoms with E-state index in [0.717, 1.165) is 17.8 Å². The lowest BCUT2D eigenvalue weighted by Crippen LogP contribution is -2.61. The lowest BCUT2D eigenvalue weighted by Gasteiger charge is -2.64. The average Bonchev–Trinajstić information content (AvgIpc) is 3.36. The lowest BCUT2D eigenvalue weighted by atomic mass is 9.41. The van der Waals surface area contributed by atoms with Crippen molar-refractivity contribution >= 4 is 5.97 Å². The van der Waals surface area contributed by atoms with E-state index in [-0.39, 0.29) is 22.9 Å². The molecular formula is C32H52O3. The van der Waals surface area contributed by atoms with Crippen LogP contribution in [-0.4, -0.2) is 23.3 Å². The summed E-state index contributed by atoms with van der Waals surface area (Å²) in [6.07, 6.45) is 14.1. The minimum atomic E-state index is -0.390. The van der Waals surface area contributed by atoms with Gasteiger partial charge in [-0.25, -0.2) is 0 Å². The molecule has 2 spiro atoms. The molecule has 0 bridgehead atoms. The fourth-order valence-corrected chi connectivity index (χ4v) is 11.4. The topological polar surface area (TPSA) is 46.5 Å². The van der Waals surface area contributed by atoms with Crippen LogP contribution < -0.4 is 0 Å². The van der Waals surface area contributed by atoms with E-state index in [2.05, 4.69) is 54.5 Å². The highest BCUT2D eigenvalue weighted by Gasteiger charge is 2.85. The Labute approximate surface area is 214 Å². The number of aliphatic hydroxyl groups excluding tert-OH is 1. The standard InChI is InChI=1S/C32H52O3/c1-20(2)10-9-11-21(3)23-14-15-30(8)25-13-12-24-28(5,6)26(34)18-27(35-22(4)33)32(24)19-31(25,32)17-16-29(23,30)7/h10,21,23-27,34H,9,11-19H2,1-8H3/t21-,23-,24+,25+,26+,27+,29-,30+,31+,32-/m1/s1. The number of aliphatic hydroxyl groups is 1. The number of hydrogen-bond acceptors (Lipinski definition) is 3. The summed E-state index contributed by atoms with van der Waals surface area (Å²) >= 11 is 0. The van der Waals surface area contributed by atoms with Crippen LogP contribution in [0.5, 0.6) is 0 Å². The van der Waals surface area contributed by atoms with Gasteiger partial charge in [-0.1, -0.05) is 46.3 Å². The first-order chi connectivity index (χ1) is 16.3. The molecule has 0 radical (unpaired) electrons. The monoisotopic (exact) mass is 484 g/mol. The van der Waals surface area contributed by atoms with E-state index in [1.54, 1.807) is 6.92 Å². The molecule has 198 valence electrons. The Morgan fingerprint density at radius 3 is 2.34 bits per heavy atom. The summed E-state index contributed by atoms with van der Waals surface area (Å²) in [5, 5.41) is 11.1. The minimum Gasteiger partial charge on any atom is -0.462 e. The third kappa shape index (κ3) is 3.28. The van der Waals surface area contributed by atoms with Crippen LogP contribution >= 0.6 is 0 Å². The van der Waals surface area contributed by atoms with Crippen LogP contribution in [0.2, 0.25) is 0 Å².